The number of aromatic hydroxyl groups is 1. The topological polar surface area (TPSA) is 58.0 Å². The van der Waals surface area contributed by atoms with Gasteiger partial charge in [0.1, 0.15) is 11.6 Å². The molecule has 25 heavy (non-hydrogen) atoms. The minimum Gasteiger partial charge on any atom is -0.506 e. The number of aromatic nitrogens is 2. The molecule has 6 heteroatoms. The van der Waals surface area contributed by atoms with Crippen molar-refractivity contribution in [2.45, 2.75) is 6.92 Å². The van der Waals surface area contributed by atoms with Crippen LogP contribution in [0.4, 0.5) is 11.5 Å². The monoisotopic (exact) mass is 367 g/mol. The first kappa shape index (κ1) is 15.9. The van der Waals surface area contributed by atoms with E-state index in [1.54, 1.807) is 6.07 Å². The number of phenolic OH excluding ortho intramolecular Hbond substituents is 1. The van der Waals surface area contributed by atoms with Crippen LogP contribution >= 0.6 is 22.9 Å². The third kappa shape index (κ3) is 3.04. The number of fused-ring (bicyclic) bond motifs is 1. The van der Waals surface area contributed by atoms with E-state index in [1.165, 1.54) is 11.3 Å². The van der Waals surface area contributed by atoms with Gasteiger partial charge >= 0.3 is 0 Å². The Kier molecular flexibility index (Phi) is 4.03. The number of para-hydroxylation sites is 1. The van der Waals surface area contributed by atoms with E-state index in [0.717, 1.165) is 21.3 Å². The first-order valence-corrected chi connectivity index (χ1v) is 8.94. The summed E-state index contributed by atoms with van der Waals surface area (Å²) in [6.45, 7) is 1.97. The Labute approximate surface area is 153 Å². The zero-order chi connectivity index (χ0) is 17.4. The van der Waals surface area contributed by atoms with E-state index in [0.29, 0.717) is 22.4 Å². The number of phenols is 1. The number of aryl methyl sites for hydroxylation is 1. The first-order chi connectivity index (χ1) is 12.1. The van der Waals surface area contributed by atoms with Gasteiger partial charge in [-0.2, -0.15) is 0 Å². The van der Waals surface area contributed by atoms with Gasteiger partial charge in [0.15, 0.2) is 5.82 Å². The van der Waals surface area contributed by atoms with E-state index in [4.69, 9.17) is 11.6 Å². The maximum Gasteiger partial charge on any atom is 0.173 e. The van der Waals surface area contributed by atoms with Gasteiger partial charge < -0.3 is 10.4 Å². The van der Waals surface area contributed by atoms with Crippen LogP contribution in [0.25, 0.3) is 21.6 Å². The zero-order valence-corrected chi connectivity index (χ0v) is 14.9. The molecule has 0 fully saturated rings. The molecule has 0 radical (unpaired) electrons. The van der Waals surface area contributed by atoms with Crippen LogP contribution in [0.2, 0.25) is 5.02 Å². The summed E-state index contributed by atoms with van der Waals surface area (Å²) in [7, 11) is 0. The summed E-state index contributed by atoms with van der Waals surface area (Å²) in [6, 6.07) is 15.0. The number of benzene rings is 2. The average Bonchev–Trinajstić information content (AvgIpc) is 3.04. The van der Waals surface area contributed by atoms with Crippen LogP contribution in [-0.2, 0) is 0 Å². The van der Waals surface area contributed by atoms with Crippen molar-refractivity contribution in [2.24, 2.45) is 0 Å². The molecule has 4 rings (SSSR count). The van der Waals surface area contributed by atoms with Gasteiger partial charge in [0, 0.05) is 5.39 Å². The van der Waals surface area contributed by atoms with Gasteiger partial charge in [-0.3, -0.25) is 0 Å². The van der Waals surface area contributed by atoms with Gasteiger partial charge in [0.2, 0.25) is 0 Å². The molecule has 0 atom stereocenters. The standard InChI is InChI=1S/C19H14ClN3OS/c1-11-6-7-16(24)15(10-11)22-18-12-4-2-3-5-14(12)21-19(23-18)17-13(20)8-9-25-17/h2-10,24H,1H3,(H,21,22,23). The van der Waals surface area contributed by atoms with Gasteiger partial charge in [0.25, 0.3) is 0 Å². The van der Waals surface area contributed by atoms with Crippen molar-refractivity contribution in [3.05, 3.63) is 64.5 Å². The van der Waals surface area contributed by atoms with Gasteiger partial charge in [0.05, 0.1) is 21.1 Å². The SMILES string of the molecule is Cc1ccc(O)c(Nc2nc(-c3sccc3Cl)nc3ccccc23)c1. The van der Waals surface area contributed by atoms with Gasteiger partial charge in [-0.25, -0.2) is 9.97 Å². The quantitative estimate of drug-likeness (QED) is 0.451. The van der Waals surface area contributed by atoms with Crippen molar-refractivity contribution in [1.82, 2.24) is 9.97 Å². The molecule has 0 unspecified atom stereocenters. The minimum atomic E-state index is 0.170. The first-order valence-electron chi connectivity index (χ1n) is 7.68. The number of thiophene rings is 1. The Balaban J connectivity index is 1.90. The van der Waals surface area contributed by atoms with Crippen LogP contribution < -0.4 is 5.32 Å². The fourth-order valence-electron chi connectivity index (χ4n) is 2.60. The van der Waals surface area contributed by atoms with Crippen molar-refractivity contribution in [3.8, 4) is 16.5 Å². The van der Waals surface area contributed by atoms with Gasteiger partial charge in [-0.15, -0.1) is 11.3 Å². The van der Waals surface area contributed by atoms with Gasteiger partial charge in [-0.05, 0) is 48.2 Å². The van der Waals surface area contributed by atoms with E-state index in [-0.39, 0.29) is 5.75 Å². The number of halogens is 1. The lowest BCUT2D eigenvalue weighted by Crippen LogP contribution is -1.99. The molecule has 2 aromatic carbocycles. The van der Waals surface area contributed by atoms with Crippen LogP contribution in [-0.4, -0.2) is 15.1 Å². The zero-order valence-electron chi connectivity index (χ0n) is 13.3. The summed E-state index contributed by atoms with van der Waals surface area (Å²) in [5.41, 5.74) is 2.46. The molecule has 0 amide bonds. The molecule has 0 aliphatic heterocycles. The molecule has 0 saturated carbocycles. The normalized spacial score (nSPS) is 11.0. The van der Waals surface area contributed by atoms with Crippen LogP contribution in [0, 0.1) is 6.92 Å². The number of nitrogens with zero attached hydrogens (tertiary/aromatic N) is 2. The third-order valence-electron chi connectivity index (χ3n) is 3.83. The molecule has 4 nitrogen and oxygen atoms in total. The molecule has 0 saturated heterocycles. The Hall–Kier alpha value is -2.63. The molecular weight excluding hydrogens is 354 g/mol. The summed E-state index contributed by atoms with van der Waals surface area (Å²) in [5, 5.41) is 16.8. The second-order valence-corrected chi connectivity index (χ2v) is 6.98. The molecule has 4 aromatic rings. The van der Waals surface area contributed by atoms with Crippen molar-refractivity contribution in [2.75, 3.05) is 5.32 Å². The molecule has 2 heterocycles. The summed E-state index contributed by atoms with van der Waals surface area (Å²) in [6.07, 6.45) is 0. The molecular formula is C19H14ClN3OS. The van der Waals surface area contributed by atoms with Crippen LogP contribution in [0.15, 0.2) is 53.9 Å². The number of nitrogens with one attached hydrogen (secondary N) is 1. The smallest absolute Gasteiger partial charge is 0.173 e. The number of hydrogen-bond acceptors (Lipinski definition) is 5. The van der Waals surface area contributed by atoms with Crippen molar-refractivity contribution in [1.29, 1.82) is 0 Å². The van der Waals surface area contributed by atoms with E-state index in [9.17, 15) is 5.11 Å². The van der Waals surface area contributed by atoms with Crippen LogP contribution in [0.5, 0.6) is 5.75 Å². The molecule has 0 aliphatic carbocycles. The van der Waals surface area contributed by atoms with Crippen LogP contribution in [0.1, 0.15) is 5.56 Å². The maximum atomic E-state index is 10.1. The molecule has 2 aromatic heterocycles. The second kappa shape index (κ2) is 6.35. The average molecular weight is 368 g/mol. The highest BCUT2D eigenvalue weighted by Gasteiger charge is 2.14. The lowest BCUT2D eigenvalue weighted by Gasteiger charge is -2.12. The Morgan fingerprint density at radius 3 is 2.72 bits per heavy atom. The fourth-order valence-corrected chi connectivity index (χ4v) is 3.68. The molecule has 0 bridgehead atoms. The highest BCUT2D eigenvalue weighted by atomic mass is 35.5. The maximum absolute atomic E-state index is 10.1. The summed E-state index contributed by atoms with van der Waals surface area (Å²) >= 11 is 7.75. The molecule has 0 spiro atoms. The van der Waals surface area contributed by atoms with Gasteiger partial charge in [-0.1, -0.05) is 29.8 Å². The van der Waals surface area contributed by atoms with Crippen molar-refractivity contribution >= 4 is 45.3 Å². The highest BCUT2D eigenvalue weighted by Crippen LogP contribution is 2.35. The minimum absolute atomic E-state index is 0.170. The predicted molar refractivity (Wildman–Crippen MR) is 104 cm³/mol. The van der Waals surface area contributed by atoms with Crippen molar-refractivity contribution < 1.29 is 5.11 Å². The lowest BCUT2D eigenvalue weighted by atomic mass is 10.2. The Morgan fingerprint density at radius 2 is 1.92 bits per heavy atom. The molecule has 2 N–H and O–H groups in total. The highest BCUT2D eigenvalue weighted by molar-refractivity contribution is 7.14. The lowest BCUT2D eigenvalue weighted by molar-refractivity contribution is 0.477. The van der Waals surface area contributed by atoms with E-state index in [2.05, 4.69) is 15.3 Å². The largest absolute Gasteiger partial charge is 0.506 e. The third-order valence-corrected chi connectivity index (χ3v) is 5.17. The molecule has 124 valence electrons. The Bertz CT molecular complexity index is 1080. The summed E-state index contributed by atoms with van der Waals surface area (Å²) in [5.74, 6) is 1.36. The molecule has 0 aliphatic rings. The Morgan fingerprint density at radius 1 is 1.08 bits per heavy atom. The number of anilines is 2. The van der Waals surface area contributed by atoms with Crippen molar-refractivity contribution in [3.63, 3.8) is 0 Å². The second-order valence-electron chi connectivity index (χ2n) is 5.66. The predicted octanol–water partition coefficient (Wildman–Crippen LogP) is 5.77. The van der Waals surface area contributed by atoms with E-state index < -0.39 is 0 Å². The fraction of sp³-hybridized carbons (Fsp3) is 0.0526. The number of rotatable bonds is 3. The summed E-state index contributed by atoms with van der Waals surface area (Å²) < 4.78 is 0. The summed E-state index contributed by atoms with van der Waals surface area (Å²) in [4.78, 5) is 10.1. The van der Waals surface area contributed by atoms with E-state index >= 15 is 0 Å². The van der Waals surface area contributed by atoms with Crippen LogP contribution in [0.3, 0.4) is 0 Å². The number of hydrogen-bond donors (Lipinski definition) is 2. The van der Waals surface area contributed by atoms with E-state index in [1.807, 2.05) is 54.8 Å².